The number of hydrogen-bond donors (Lipinski definition) is 1. The van der Waals surface area contributed by atoms with Crippen LogP contribution in [-0.4, -0.2) is 51.8 Å². The lowest BCUT2D eigenvalue weighted by molar-refractivity contribution is -0.146. The van der Waals surface area contributed by atoms with Gasteiger partial charge in [0.05, 0.1) is 13.2 Å². The Bertz CT molecular complexity index is 760. The molecular formula is C17H20N4O3. The number of amides is 1. The zero-order chi connectivity index (χ0) is 16.7. The summed E-state index contributed by atoms with van der Waals surface area (Å²) in [5, 5.41) is 6.96. The van der Waals surface area contributed by atoms with Crippen molar-refractivity contribution < 1.29 is 14.3 Å². The van der Waals surface area contributed by atoms with Crippen molar-refractivity contribution >= 4 is 5.91 Å². The molecule has 1 aromatic carbocycles. The molecule has 0 unspecified atom stereocenters. The molecule has 3 atom stereocenters. The molecule has 1 saturated heterocycles. The maximum Gasteiger partial charge on any atom is 0.264 e. The average molecular weight is 328 g/mol. The van der Waals surface area contributed by atoms with E-state index in [1.807, 2.05) is 38.1 Å². The number of morpholine rings is 1. The first-order valence-electron chi connectivity index (χ1n) is 8.18. The van der Waals surface area contributed by atoms with E-state index in [2.05, 4.69) is 15.2 Å². The lowest BCUT2D eigenvalue weighted by atomic mass is 9.96. The van der Waals surface area contributed by atoms with Gasteiger partial charge in [0, 0.05) is 18.0 Å². The van der Waals surface area contributed by atoms with Gasteiger partial charge in [0.25, 0.3) is 5.91 Å². The summed E-state index contributed by atoms with van der Waals surface area (Å²) in [7, 11) is 0. The van der Waals surface area contributed by atoms with Crippen molar-refractivity contribution in [2.75, 3.05) is 19.7 Å². The van der Waals surface area contributed by atoms with Crippen LogP contribution in [0.15, 0.2) is 24.3 Å². The molecule has 1 N–H and O–H groups in total. The molecule has 2 aliphatic rings. The number of benzene rings is 1. The van der Waals surface area contributed by atoms with Crippen LogP contribution < -0.4 is 4.74 Å². The topological polar surface area (TPSA) is 80.3 Å². The van der Waals surface area contributed by atoms with Crippen molar-refractivity contribution in [3.8, 4) is 5.75 Å². The number of fused-ring (bicyclic) bond motifs is 1. The molecule has 126 valence electrons. The summed E-state index contributed by atoms with van der Waals surface area (Å²) in [5.74, 6) is 2.17. The molecular weight excluding hydrogens is 308 g/mol. The van der Waals surface area contributed by atoms with Crippen molar-refractivity contribution in [1.29, 1.82) is 0 Å². The lowest BCUT2D eigenvalue weighted by Crippen LogP contribution is -2.48. The largest absolute Gasteiger partial charge is 0.480 e. The predicted molar refractivity (Wildman–Crippen MR) is 85.7 cm³/mol. The summed E-state index contributed by atoms with van der Waals surface area (Å²) < 4.78 is 11.6. The standard InChI is InChI=1S/C17H20N4O3/c1-10-12-5-3-4-6-13(12)24-15(10)17(22)21-7-8-23-14(9-21)16-18-11(2)19-20-16/h3-6,10,14-15H,7-9H2,1-2H3,(H,18,19,20)/t10-,14-,15-/m0/s1. The van der Waals surface area contributed by atoms with E-state index in [4.69, 9.17) is 9.47 Å². The van der Waals surface area contributed by atoms with Crippen molar-refractivity contribution in [2.45, 2.75) is 32.0 Å². The van der Waals surface area contributed by atoms with Crippen LogP contribution in [0, 0.1) is 6.92 Å². The van der Waals surface area contributed by atoms with Crippen LogP contribution in [0.1, 0.15) is 36.2 Å². The minimum absolute atomic E-state index is 0.000687. The Morgan fingerprint density at radius 3 is 2.96 bits per heavy atom. The van der Waals surface area contributed by atoms with E-state index in [-0.39, 0.29) is 17.9 Å². The minimum Gasteiger partial charge on any atom is -0.480 e. The minimum atomic E-state index is -0.477. The first kappa shape index (κ1) is 15.1. The van der Waals surface area contributed by atoms with Gasteiger partial charge >= 0.3 is 0 Å². The van der Waals surface area contributed by atoms with Gasteiger partial charge in [-0.3, -0.25) is 9.89 Å². The number of para-hydroxylation sites is 1. The fourth-order valence-corrected chi connectivity index (χ4v) is 3.32. The normalized spacial score (nSPS) is 26.1. The van der Waals surface area contributed by atoms with E-state index in [0.717, 1.165) is 17.1 Å². The number of aromatic nitrogens is 3. The van der Waals surface area contributed by atoms with Crippen LogP contribution in [-0.2, 0) is 9.53 Å². The maximum absolute atomic E-state index is 13.0. The fraction of sp³-hybridized carbons (Fsp3) is 0.471. The van der Waals surface area contributed by atoms with Crippen LogP contribution >= 0.6 is 0 Å². The van der Waals surface area contributed by atoms with E-state index in [1.54, 1.807) is 4.90 Å². The highest BCUT2D eigenvalue weighted by molar-refractivity contribution is 5.83. The number of hydrogen-bond acceptors (Lipinski definition) is 5. The predicted octanol–water partition coefficient (Wildman–Crippen LogP) is 1.58. The average Bonchev–Trinajstić information content (AvgIpc) is 3.19. The molecule has 0 saturated carbocycles. The zero-order valence-electron chi connectivity index (χ0n) is 13.7. The number of carbonyl (C=O) groups is 1. The van der Waals surface area contributed by atoms with Gasteiger partial charge in [0.2, 0.25) is 0 Å². The van der Waals surface area contributed by atoms with Gasteiger partial charge in [-0.25, -0.2) is 4.98 Å². The Morgan fingerprint density at radius 2 is 2.21 bits per heavy atom. The molecule has 7 heteroatoms. The molecule has 2 aromatic rings. The third kappa shape index (κ3) is 2.54. The van der Waals surface area contributed by atoms with Gasteiger partial charge in [-0.15, -0.1) is 0 Å². The van der Waals surface area contributed by atoms with E-state index in [9.17, 15) is 4.79 Å². The molecule has 1 aromatic heterocycles. The third-order valence-electron chi connectivity index (χ3n) is 4.64. The number of aryl methyl sites for hydroxylation is 1. The third-order valence-corrected chi connectivity index (χ3v) is 4.64. The quantitative estimate of drug-likeness (QED) is 0.905. The SMILES string of the molecule is Cc1nc([C@@H]2CN(C(=O)[C@H]3Oc4ccccc4[C@@H]3C)CCO2)n[nH]1. The Hall–Kier alpha value is -2.41. The van der Waals surface area contributed by atoms with Crippen molar-refractivity contribution in [3.05, 3.63) is 41.5 Å². The van der Waals surface area contributed by atoms with Gasteiger partial charge in [-0.1, -0.05) is 25.1 Å². The molecule has 4 rings (SSSR count). The second-order valence-corrected chi connectivity index (χ2v) is 6.29. The summed E-state index contributed by atoms with van der Waals surface area (Å²) >= 11 is 0. The number of rotatable bonds is 2. The molecule has 0 aliphatic carbocycles. The Balaban J connectivity index is 1.49. The summed E-state index contributed by atoms with van der Waals surface area (Å²) in [5.41, 5.74) is 1.09. The van der Waals surface area contributed by atoms with Gasteiger partial charge in [-0.2, -0.15) is 5.10 Å². The summed E-state index contributed by atoms with van der Waals surface area (Å²) in [4.78, 5) is 19.1. The smallest absolute Gasteiger partial charge is 0.264 e. The molecule has 0 radical (unpaired) electrons. The molecule has 0 bridgehead atoms. The highest BCUT2D eigenvalue weighted by Crippen LogP contribution is 2.38. The summed E-state index contributed by atoms with van der Waals surface area (Å²) in [6.07, 6.45) is -0.776. The van der Waals surface area contributed by atoms with E-state index in [1.165, 1.54) is 0 Å². The van der Waals surface area contributed by atoms with E-state index >= 15 is 0 Å². The lowest BCUT2D eigenvalue weighted by Gasteiger charge is -2.33. The number of nitrogens with zero attached hydrogens (tertiary/aromatic N) is 3. The zero-order valence-corrected chi connectivity index (χ0v) is 13.7. The Morgan fingerprint density at radius 1 is 1.38 bits per heavy atom. The molecule has 1 amide bonds. The van der Waals surface area contributed by atoms with Crippen LogP contribution in [0.5, 0.6) is 5.75 Å². The van der Waals surface area contributed by atoms with Crippen LogP contribution in [0.25, 0.3) is 0 Å². The monoisotopic (exact) mass is 328 g/mol. The number of carbonyl (C=O) groups excluding carboxylic acids is 1. The number of nitrogens with one attached hydrogen (secondary N) is 1. The summed E-state index contributed by atoms with van der Waals surface area (Å²) in [6, 6.07) is 7.83. The number of H-pyrrole nitrogens is 1. The molecule has 7 nitrogen and oxygen atoms in total. The van der Waals surface area contributed by atoms with Crippen molar-refractivity contribution in [2.24, 2.45) is 0 Å². The van der Waals surface area contributed by atoms with Crippen molar-refractivity contribution in [1.82, 2.24) is 20.1 Å². The number of aromatic amines is 1. The summed E-state index contributed by atoms with van der Waals surface area (Å²) in [6.45, 7) is 5.34. The van der Waals surface area contributed by atoms with Gasteiger partial charge in [-0.05, 0) is 13.0 Å². The second kappa shape index (κ2) is 5.90. The Labute approximate surface area is 140 Å². The highest BCUT2D eigenvalue weighted by atomic mass is 16.5. The number of ether oxygens (including phenoxy) is 2. The van der Waals surface area contributed by atoms with Crippen LogP contribution in [0.4, 0.5) is 0 Å². The molecule has 0 spiro atoms. The van der Waals surface area contributed by atoms with E-state index < -0.39 is 6.10 Å². The van der Waals surface area contributed by atoms with Gasteiger partial charge in [0.15, 0.2) is 11.9 Å². The molecule has 24 heavy (non-hydrogen) atoms. The van der Waals surface area contributed by atoms with Gasteiger partial charge < -0.3 is 14.4 Å². The molecule has 3 heterocycles. The maximum atomic E-state index is 13.0. The first-order chi connectivity index (χ1) is 11.6. The fourth-order valence-electron chi connectivity index (χ4n) is 3.32. The first-order valence-corrected chi connectivity index (χ1v) is 8.18. The second-order valence-electron chi connectivity index (χ2n) is 6.29. The van der Waals surface area contributed by atoms with Crippen LogP contribution in [0.2, 0.25) is 0 Å². The highest BCUT2D eigenvalue weighted by Gasteiger charge is 2.40. The van der Waals surface area contributed by atoms with E-state index in [0.29, 0.717) is 25.5 Å². The Kier molecular flexibility index (Phi) is 3.72. The van der Waals surface area contributed by atoms with Crippen molar-refractivity contribution in [3.63, 3.8) is 0 Å². The molecule has 2 aliphatic heterocycles. The molecule has 1 fully saturated rings. The van der Waals surface area contributed by atoms with Crippen LogP contribution in [0.3, 0.4) is 0 Å². The van der Waals surface area contributed by atoms with Gasteiger partial charge in [0.1, 0.15) is 17.7 Å².